The summed E-state index contributed by atoms with van der Waals surface area (Å²) in [6.45, 7) is 2.03. The summed E-state index contributed by atoms with van der Waals surface area (Å²) < 4.78 is 13.2. The molecule has 0 bridgehead atoms. The quantitative estimate of drug-likeness (QED) is 0.901. The van der Waals surface area contributed by atoms with Crippen molar-refractivity contribution in [1.29, 1.82) is 0 Å². The van der Waals surface area contributed by atoms with Gasteiger partial charge < -0.3 is 5.32 Å². The van der Waals surface area contributed by atoms with Crippen LogP contribution in [0.15, 0.2) is 53.5 Å². The van der Waals surface area contributed by atoms with E-state index in [1.165, 1.54) is 11.6 Å². The monoisotopic (exact) mass is 349 g/mol. The van der Waals surface area contributed by atoms with Crippen LogP contribution in [0.2, 0.25) is 5.02 Å². The summed E-state index contributed by atoms with van der Waals surface area (Å²) >= 11 is 7.52. The van der Waals surface area contributed by atoms with Gasteiger partial charge in [-0.1, -0.05) is 59.8 Å². The average Bonchev–Trinajstić information content (AvgIpc) is 2.58. The van der Waals surface area contributed by atoms with Crippen LogP contribution in [0.25, 0.3) is 0 Å². The maximum atomic E-state index is 13.2. The molecule has 0 spiro atoms. The minimum absolute atomic E-state index is 0.162. The largest absolute Gasteiger partial charge is 0.352 e. The van der Waals surface area contributed by atoms with Gasteiger partial charge in [0.05, 0.1) is 18.4 Å². The third kappa shape index (κ3) is 4.70. The summed E-state index contributed by atoms with van der Waals surface area (Å²) in [4.78, 5) is 6.68. The molecule has 0 amide bonds. The molecule has 23 heavy (non-hydrogen) atoms. The van der Waals surface area contributed by atoms with Gasteiger partial charge in [0.2, 0.25) is 0 Å². The molecule has 1 N–H and O–H groups in total. The number of rotatable bonds is 4. The van der Waals surface area contributed by atoms with Crippen molar-refractivity contribution in [3.05, 3.63) is 70.5 Å². The first-order valence-electron chi connectivity index (χ1n) is 7.32. The highest BCUT2D eigenvalue weighted by Crippen LogP contribution is 2.18. The Morgan fingerprint density at radius 2 is 2.00 bits per heavy atom. The average molecular weight is 350 g/mol. The van der Waals surface area contributed by atoms with E-state index >= 15 is 0 Å². The van der Waals surface area contributed by atoms with Crippen molar-refractivity contribution >= 4 is 28.5 Å². The van der Waals surface area contributed by atoms with Gasteiger partial charge in [-0.3, -0.25) is 4.90 Å². The van der Waals surface area contributed by atoms with E-state index in [1.807, 2.05) is 18.2 Å². The fraction of sp³-hybridized carbons (Fsp3) is 0.235. The zero-order valence-electron chi connectivity index (χ0n) is 12.5. The van der Waals surface area contributed by atoms with E-state index in [4.69, 9.17) is 11.6 Å². The molecule has 0 saturated carbocycles. The van der Waals surface area contributed by atoms with Gasteiger partial charge in [0.1, 0.15) is 5.82 Å². The molecular weight excluding hydrogens is 333 g/mol. The molecule has 120 valence electrons. The Labute approximate surface area is 144 Å². The lowest BCUT2D eigenvalue weighted by molar-refractivity contribution is 0.258. The van der Waals surface area contributed by atoms with Crippen molar-refractivity contribution in [2.45, 2.75) is 12.3 Å². The van der Waals surface area contributed by atoms with Crippen molar-refractivity contribution in [2.75, 3.05) is 13.3 Å². The predicted octanol–water partition coefficient (Wildman–Crippen LogP) is 4.09. The molecule has 0 aromatic heterocycles. The van der Waals surface area contributed by atoms with Crippen molar-refractivity contribution in [3.8, 4) is 0 Å². The van der Waals surface area contributed by atoms with E-state index in [9.17, 15) is 4.39 Å². The summed E-state index contributed by atoms with van der Waals surface area (Å²) in [5.41, 5.74) is 2.26. The number of hydrogen-bond acceptors (Lipinski definition) is 4. The minimum Gasteiger partial charge on any atom is -0.352 e. The van der Waals surface area contributed by atoms with Crippen LogP contribution in [0.1, 0.15) is 11.1 Å². The smallest absolute Gasteiger partial charge is 0.159 e. The Bertz CT molecular complexity index is 693. The predicted molar refractivity (Wildman–Crippen MR) is 95.0 cm³/mol. The van der Waals surface area contributed by atoms with Gasteiger partial charge in [0.25, 0.3) is 0 Å². The van der Waals surface area contributed by atoms with Crippen LogP contribution in [-0.2, 0) is 12.3 Å². The van der Waals surface area contributed by atoms with Gasteiger partial charge in [-0.25, -0.2) is 9.38 Å². The van der Waals surface area contributed by atoms with Gasteiger partial charge in [-0.05, 0) is 23.3 Å². The zero-order valence-corrected chi connectivity index (χ0v) is 14.1. The van der Waals surface area contributed by atoms with E-state index in [2.05, 4.69) is 27.3 Å². The molecule has 1 aliphatic rings. The molecule has 0 unspecified atom stereocenters. The lowest BCUT2D eigenvalue weighted by Crippen LogP contribution is -2.41. The van der Waals surface area contributed by atoms with Crippen LogP contribution < -0.4 is 5.32 Å². The second-order valence-electron chi connectivity index (χ2n) is 5.29. The molecular formula is C17H17ClFN3S. The SMILES string of the molecule is Fc1ccc(CN2CN=C(SCc3ccccc3)NC2)cc1Cl. The van der Waals surface area contributed by atoms with Crippen LogP contribution in [0.4, 0.5) is 4.39 Å². The summed E-state index contributed by atoms with van der Waals surface area (Å²) in [5.74, 6) is 0.519. The van der Waals surface area contributed by atoms with Crippen LogP contribution in [0, 0.1) is 5.82 Å². The fourth-order valence-corrected chi connectivity index (χ4v) is 3.29. The molecule has 1 aliphatic heterocycles. The third-order valence-electron chi connectivity index (χ3n) is 3.48. The Kier molecular flexibility index (Phi) is 5.54. The lowest BCUT2D eigenvalue weighted by atomic mass is 10.2. The van der Waals surface area contributed by atoms with Crippen molar-refractivity contribution in [2.24, 2.45) is 4.99 Å². The van der Waals surface area contributed by atoms with Gasteiger partial charge in [-0.2, -0.15) is 0 Å². The zero-order chi connectivity index (χ0) is 16.1. The van der Waals surface area contributed by atoms with Crippen molar-refractivity contribution in [1.82, 2.24) is 10.2 Å². The van der Waals surface area contributed by atoms with Gasteiger partial charge in [0.15, 0.2) is 5.17 Å². The van der Waals surface area contributed by atoms with Gasteiger partial charge >= 0.3 is 0 Å². The number of benzene rings is 2. The van der Waals surface area contributed by atoms with Gasteiger partial charge in [-0.15, -0.1) is 0 Å². The van der Waals surface area contributed by atoms with Crippen molar-refractivity contribution in [3.63, 3.8) is 0 Å². The fourth-order valence-electron chi connectivity index (χ4n) is 2.27. The summed E-state index contributed by atoms with van der Waals surface area (Å²) in [7, 11) is 0. The molecule has 0 fully saturated rings. The second kappa shape index (κ2) is 7.81. The first kappa shape index (κ1) is 16.3. The molecule has 0 radical (unpaired) electrons. The van der Waals surface area contributed by atoms with Crippen molar-refractivity contribution < 1.29 is 4.39 Å². The molecule has 3 nitrogen and oxygen atoms in total. The molecule has 2 aromatic carbocycles. The maximum Gasteiger partial charge on any atom is 0.159 e. The topological polar surface area (TPSA) is 27.6 Å². The van der Waals surface area contributed by atoms with E-state index in [1.54, 1.807) is 23.9 Å². The third-order valence-corrected chi connectivity index (χ3v) is 4.79. The minimum atomic E-state index is -0.384. The number of amidine groups is 1. The lowest BCUT2D eigenvalue weighted by Gasteiger charge is -2.26. The molecule has 2 aromatic rings. The number of hydrogen-bond donors (Lipinski definition) is 1. The van der Waals surface area contributed by atoms with E-state index in [-0.39, 0.29) is 10.8 Å². The number of nitrogens with zero attached hydrogens (tertiary/aromatic N) is 2. The van der Waals surface area contributed by atoms with E-state index in [0.717, 1.165) is 23.2 Å². The van der Waals surface area contributed by atoms with Crippen LogP contribution in [0.5, 0.6) is 0 Å². The number of halogens is 2. The molecule has 0 atom stereocenters. The molecule has 0 saturated heterocycles. The summed E-state index contributed by atoms with van der Waals surface area (Å²) in [6.07, 6.45) is 0. The number of thioether (sulfide) groups is 1. The van der Waals surface area contributed by atoms with Gasteiger partial charge in [0, 0.05) is 12.3 Å². The highest BCUT2D eigenvalue weighted by Gasteiger charge is 2.13. The summed E-state index contributed by atoms with van der Waals surface area (Å²) in [5, 5.41) is 4.44. The van der Waals surface area contributed by atoms with Crippen LogP contribution in [-0.4, -0.2) is 23.4 Å². The highest BCUT2D eigenvalue weighted by atomic mass is 35.5. The molecule has 6 heteroatoms. The van der Waals surface area contributed by atoms with Crippen LogP contribution in [0.3, 0.4) is 0 Å². The molecule has 0 aliphatic carbocycles. The Morgan fingerprint density at radius 1 is 1.17 bits per heavy atom. The summed E-state index contributed by atoms with van der Waals surface area (Å²) in [6, 6.07) is 15.2. The first-order valence-corrected chi connectivity index (χ1v) is 8.68. The van der Waals surface area contributed by atoms with E-state index < -0.39 is 0 Å². The normalized spacial score (nSPS) is 15.1. The number of nitrogens with one attached hydrogen (secondary N) is 1. The van der Waals surface area contributed by atoms with E-state index in [0.29, 0.717) is 13.2 Å². The maximum absolute atomic E-state index is 13.2. The Morgan fingerprint density at radius 3 is 2.70 bits per heavy atom. The first-order chi connectivity index (χ1) is 11.2. The molecule has 3 rings (SSSR count). The number of aliphatic imine (C=N–C) groups is 1. The van der Waals surface area contributed by atoms with Crippen LogP contribution >= 0.6 is 23.4 Å². The Hall–Kier alpha value is -1.56. The standard InChI is InChI=1S/C17H17ClFN3S/c18-15-8-14(6-7-16(15)19)9-22-11-20-17(21-12-22)23-10-13-4-2-1-3-5-13/h1-8H,9-12H2,(H,20,21). The Balaban J connectivity index is 1.50. The highest BCUT2D eigenvalue weighted by molar-refractivity contribution is 8.13. The molecule has 1 heterocycles. The second-order valence-corrected chi connectivity index (χ2v) is 6.66.